The van der Waals surface area contributed by atoms with E-state index in [1.807, 2.05) is 0 Å². The fourth-order valence-electron chi connectivity index (χ4n) is 4.48. The molecule has 0 spiro atoms. The number of carbonyl (C=O) groups is 3. The van der Waals surface area contributed by atoms with E-state index in [1.165, 1.54) is 13.2 Å². The molecule has 4 N–H and O–H groups in total. The molecule has 0 fully saturated rings. The molecule has 0 aliphatic heterocycles. The Balaban J connectivity index is 2.06. The second-order valence-electron chi connectivity index (χ2n) is 7.34. The highest BCUT2D eigenvalue weighted by atomic mass is 16.5. The van der Waals surface area contributed by atoms with E-state index < -0.39 is 52.1 Å². The summed E-state index contributed by atoms with van der Waals surface area (Å²) < 4.78 is 5.21. The number of benzene rings is 2. The number of rotatable bonds is 2. The van der Waals surface area contributed by atoms with Crippen LogP contribution in [0.4, 0.5) is 0 Å². The quantitative estimate of drug-likeness (QED) is 0.555. The zero-order chi connectivity index (χ0) is 21.2. The lowest BCUT2D eigenvalue weighted by Gasteiger charge is -2.45. The zero-order valence-corrected chi connectivity index (χ0v) is 15.6. The van der Waals surface area contributed by atoms with Crippen LogP contribution in [0.2, 0.25) is 0 Å². The summed E-state index contributed by atoms with van der Waals surface area (Å²) in [6.45, 7) is 1.03. The number of phenolic OH excluding ortho intramolecular Hbond substituents is 2. The minimum atomic E-state index is -2.63. The molecular weight excluding hydrogens is 380 g/mol. The maximum atomic E-state index is 13.3. The third-order valence-corrected chi connectivity index (χ3v) is 5.82. The molecule has 0 saturated carbocycles. The molecule has 0 aromatic heterocycles. The molecule has 2 aromatic rings. The van der Waals surface area contributed by atoms with E-state index >= 15 is 0 Å². The van der Waals surface area contributed by atoms with Gasteiger partial charge in [-0.25, -0.2) is 0 Å². The Morgan fingerprint density at radius 2 is 1.90 bits per heavy atom. The van der Waals surface area contributed by atoms with Crippen molar-refractivity contribution in [3.63, 3.8) is 0 Å². The summed E-state index contributed by atoms with van der Waals surface area (Å²) in [5, 5.41) is 43.2. The van der Waals surface area contributed by atoms with Crippen molar-refractivity contribution in [3.05, 3.63) is 46.7 Å². The number of methoxy groups -OCH3 is 1. The van der Waals surface area contributed by atoms with Crippen LogP contribution in [-0.4, -0.2) is 56.6 Å². The molecule has 4 rings (SSSR count). The van der Waals surface area contributed by atoms with Gasteiger partial charge >= 0.3 is 0 Å². The van der Waals surface area contributed by atoms with Crippen molar-refractivity contribution in [1.29, 1.82) is 0 Å². The molecule has 0 amide bonds. The zero-order valence-electron chi connectivity index (χ0n) is 15.6. The summed E-state index contributed by atoms with van der Waals surface area (Å²) in [7, 11) is 1.21. The fourth-order valence-corrected chi connectivity index (χ4v) is 4.48. The number of hydrogen-bond donors (Lipinski definition) is 4. The lowest BCUT2D eigenvalue weighted by atomic mass is 9.62. The summed E-state index contributed by atoms with van der Waals surface area (Å²) in [6, 6.07) is 6.11. The Morgan fingerprint density at radius 3 is 2.52 bits per heavy atom. The molecule has 2 aromatic carbocycles. The van der Waals surface area contributed by atoms with Crippen molar-refractivity contribution in [2.75, 3.05) is 7.11 Å². The van der Waals surface area contributed by atoms with Gasteiger partial charge < -0.3 is 25.2 Å². The average Bonchev–Trinajstić information content (AvgIpc) is 2.65. The first-order valence-corrected chi connectivity index (χ1v) is 8.89. The van der Waals surface area contributed by atoms with Gasteiger partial charge in [-0.1, -0.05) is 18.2 Å². The van der Waals surface area contributed by atoms with Gasteiger partial charge in [-0.15, -0.1) is 0 Å². The maximum absolute atomic E-state index is 13.3. The third-order valence-electron chi connectivity index (χ3n) is 5.82. The lowest BCUT2D eigenvalue weighted by Crippen LogP contribution is -2.61. The number of ether oxygens (including phenoxy) is 1. The van der Waals surface area contributed by atoms with Crippen molar-refractivity contribution in [2.45, 2.75) is 25.0 Å². The van der Waals surface area contributed by atoms with Crippen molar-refractivity contribution in [2.24, 2.45) is 5.92 Å². The summed E-state index contributed by atoms with van der Waals surface area (Å²) in [5.41, 5.74) is -3.28. The number of carbonyl (C=O) groups excluding carboxylic acids is 3. The lowest BCUT2D eigenvalue weighted by molar-refractivity contribution is -0.141. The van der Waals surface area contributed by atoms with Crippen LogP contribution in [0.15, 0.2) is 35.6 Å². The van der Waals surface area contributed by atoms with Crippen molar-refractivity contribution < 1.29 is 39.5 Å². The number of aromatic hydroxyl groups is 2. The molecule has 3 atom stereocenters. The number of fused-ring (bicyclic) bond motifs is 3. The number of Topliss-reactive ketones (excluding diaryl/α,β-unsaturated/α-hetero) is 3. The third kappa shape index (κ3) is 2.30. The molecule has 29 heavy (non-hydrogen) atoms. The second-order valence-corrected chi connectivity index (χ2v) is 7.34. The van der Waals surface area contributed by atoms with Gasteiger partial charge in [-0.3, -0.25) is 14.4 Å². The van der Waals surface area contributed by atoms with E-state index in [2.05, 4.69) is 0 Å². The highest BCUT2D eigenvalue weighted by Crippen LogP contribution is 2.49. The van der Waals surface area contributed by atoms with Crippen LogP contribution in [0.5, 0.6) is 11.5 Å². The molecule has 2 aliphatic rings. The van der Waals surface area contributed by atoms with Crippen molar-refractivity contribution in [3.8, 4) is 11.5 Å². The Hall–Kier alpha value is -3.23. The molecule has 0 unspecified atom stereocenters. The minimum absolute atomic E-state index is 0.0205. The molecule has 0 radical (unpaired) electrons. The maximum Gasteiger partial charge on any atom is 0.206 e. The number of aliphatic hydroxyl groups excluding tert-OH is 1. The van der Waals surface area contributed by atoms with Gasteiger partial charge in [-0.2, -0.15) is 0 Å². The van der Waals surface area contributed by atoms with E-state index in [1.54, 1.807) is 18.2 Å². The van der Waals surface area contributed by atoms with Gasteiger partial charge in [0.1, 0.15) is 28.9 Å². The summed E-state index contributed by atoms with van der Waals surface area (Å²) >= 11 is 0. The molecule has 0 bridgehead atoms. The fraction of sp³-hybridized carbons (Fsp3) is 0.286. The molecule has 150 valence electrons. The monoisotopic (exact) mass is 398 g/mol. The molecule has 8 heteroatoms. The first-order chi connectivity index (χ1) is 13.6. The van der Waals surface area contributed by atoms with Crippen LogP contribution in [-0.2, 0) is 20.7 Å². The number of hydrogen-bond acceptors (Lipinski definition) is 8. The molecule has 0 saturated heterocycles. The van der Waals surface area contributed by atoms with Gasteiger partial charge in [0, 0.05) is 13.0 Å². The van der Waals surface area contributed by atoms with Crippen LogP contribution < -0.4 is 0 Å². The van der Waals surface area contributed by atoms with Crippen molar-refractivity contribution in [1.82, 2.24) is 0 Å². The topological polar surface area (TPSA) is 141 Å². The predicted octanol–water partition coefficient (Wildman–Crippen LogP) is 1.34. The molecule has 0 heterocycles. The Morgan fingerprint density at radius 1 is 1.21 bits per heavy atom. The summed E-state index contributed by atoms with van der Waals surface area (Å²) in [4.78, 5) is 37.9. The second kappa shape index (κ2) is 6.13. The SMILES string of the molecule is CO[C@@H]1C(=O)C(C(C)=O)=C(O)[C@]2(O)C(=O)c3c(cc4cccc(O)c4c3O)C[C@@H]12. The van der Waals surface area contributed by atoms with Crippen LogP contribution >= 0.6 is 0 Å². The normalized spacial score (nSPS) is 26.4. The Bertz CT molecular complexity index is 1150. The smallest absolute Gasteiger partial charge is 0.206 e. The average molecular weight is 398 g/mol. The summed E-state index contributed by atoms with van der Waals surface area (Å²) in [5.74, 6) is -5.75. The van der Waals surface area contributed by atoms with Gasteiger partial charge in [-0.05, 0) is 30.4 Å². The Kier molecular flexibility index (Phi) is 4.04. The number of phenols is 2. The van der Waals surface area contributed by atoms with E-state index in [0.29, 0.717) is 10.9 Å². The van der Waals surface area contributed by atoms with Crippen molar-refractivity contribution >= 4 is 28.1 Å². The standard InChI is InChI=1S/C21H18O8/c1-8(22)13-17(25)18(29-2)11-7-10-6-9-4-3-5-12(23)14(9)16(24)15(10)20(27)21(11,28)19(13)26/h3-6,11,18,23-24,26,28H,7H2,1-2H3/t11-,18-,21-/m0/s1. The summed E-state index contributed by atoms with van der Waals surface area (Å²) in [6.07, 6.45) is -1.43. The van der Waals surface area contributed by atoms with Gasteiger partial charge in [0.05, 0.1) is 10.9 Å². The van der Waals surface area contributed by atoms with Gasteiger partial charge in [0.2, 0.25) is 5.78 Å². The van der Waals surface area contributed by atoms with Crippen LogP contribution in [0.25, 0.3) is 10.8 Å². The molecule has 2 aliphatic carbocycles. The van der Waals surface area contributed by atoms with E-state index in [-0.39, 0.29) is 23.1 Å². The largest absolute Gasteiger partial charge is 0.508 e. The van der Waals surface area contributed by atoms with Gasteiger partial charge in [0.15, 0.2) is 17.2 Å². The first kappa shape index (κ1) is 19.1. The molecular formula is C21H18O8. The first-order valence-electron chi connectivity index (χ1n) is 8.89. The Labute approximate surface area is 164 Å². The highest BCUT2D eigenvalue weighted by molar-refractivity contribution is 6.25. The molecule has 8 nitrogen and oxygen atoms in total. The van der Waals surface area contributed by atoms with Crippen LogP contribution in [0.3, 0.4) is 0 Å². The van der Waals surface area contributed by atoms with Crippen LogP contribution in [0, 0.1) is 5.92 Å². The van der Waals surface area contributed by atoms with E-state index in [4.69, 9.17) is 4.74 Å². The predicted molar refractivity (Wildman–Crippen MR) is 99.9 cm³/mol. The van der Waals surface area contributed by atoms with E-state index in [0.717, 1.165) is 6.92 Å². The minimum Gasteiger partial charge on any atom is -0.508 e. The van der Waals surface area contributed by atoms with Gasteiger partial charge in [0.25, 0.3) is 0 Å². The van der Waals surface area contributed by atoms with Crippen LogP contribution in [0.1, 0.15) is 22.8 Å². The van der Waals surface area contributed by atoms with E-state index in [9.17, 15) is 34.8 Å². The number of aliphatic hydroxyl groups is 2. The number of ketones is 3. The highest BCUT2D eigenvalue weighted by Gasteiger charge is 2.61.